The van der Waals surface area contributed by atoms with Gasteiger partial charge < -0.3 is 14.2 Å². The van der Waals surface area contributed by atoms with Crippen molar-refractivity contribution in [2.45, 2.75) is 40.0 Å². The molecule has 0 radical (unpaired) electrons. The highest BCUT2D eigenvalue weighted by molar-refractivity contribution is 4.65. The molecule has 0 atom stereocenters. The van der Waals surface area contributed by atoms with Crippen LogP contribution >= 0.6 is 0 Å². The Balaban J connectivity index is 0. The molecule has 100 valence electrons. The van der Waals surface area contributed by atoms with Crippen molar-refractivity contribution >= 4 is 0 Å². The molecule has 0 spiro atoms. The van der Waals surface area contributed by atoms with E-state index in [0.717, 1.165) is 19.8 Å². The summed E-state index contributed by atoms with van der Waals surface area (Å²) in [6.45, 7) is 8.84. The van der Waals surface area contributed by atoms with Crippen molar-refractivity contribution < 1.29 is 14.2 Å². The number of hydrogen-bond donors (Lipinski definition) is 0. The van der Waals surface area contributed by atoms with Crippen LogP contribution in [-0.2, 0) is 14.2 Å². The largest absolute Gasteiger partial charge is 0.385 e. The molecule has 0 aromatic rings. The lowest BCUT2D eigenvalue weighted by molar-refractivity contribution is 0.0341. The highest BCUT2D eigenvalue weighted by Crippen LogP contribution is 2.14. The molecule has 0 fully saturated rings. The van der Waals surface area contributed by atoms with E-state index in [9.17, 15) is 0 Å². The van der Waals surface area contributed by atoms with Gasteiger partial charge in [-0.05, 0) is 6.42 Å². The molecule has 0 saturated heterocycles. The van der Waals surface area contributed by atoms with Gasteiger partial charge in [0, 0.05) is 33.4 Å². The van der Waals surface area contributed by atoms with Crippen LogP contribution in [0.15, 0.2) is 0 Å². The van der Waals surface area contributed by atoms with Crippen LogP contribution in [0.1, 0.15) is 40.0 Å². The molecular formula is C13H30O3. The molecule has 0 aliphatic rings. The molecule has 0 aromatic heterocycles. The van der Waals surface area contributed by atoms with Gasteiger partial charge in [0.15, 0.2) is 0 Å². The monoisotopic (exact) mass is 234 g/mol. The summed E-state index contributed by atoms with van der Waals surface area (Å²) in [4.78, 5) is 0. The van der Waals surface area contributed by atoms with Crippen molar-refractivity contribution in [1.82, 2.24) is 0 Å². The van der Waals surface area contributed by atoms with Crippen LogP contribution in [0.3, 0.4) is 0 Å². The fraction of sp³-hybridized carbons (Fsp3) is 1.00. The Bertz CT molecular complexity index is 112. The summed E-state index contributed by atoms with van der Waals surface area (Å²) < 4.78 is 14.8. The molecule has 0 amide bonds. The van der Waals surface area contributed by atoms with Gasteiger partial charge >= 0.3 is 0 Å². The van der Waals surface area contributed by atoms with Gasteiger partial charge in [-0.1, -0.05) is 33.6 Å². The third-order valence-corrected chi connectivity index (χ3v) is 2.02. The molecule has 0 aromatic carbocycles. The first-order valence-electron chi connectivity index (χ1n) is 6.00. The topological polar surface area (TPSA) is 27.7 Å². The number of hydrogen-bond acceptors (Lipinski definition) is 3. The predicted octanol–water partition coefficient (Wildman–Crippen LogP) is 3.13. The van der Waals surface area contributed by atoms with Crippen LogP contribution in [-0.4, -0.2) is 41.2 Å². The Morgan fingerprint density at radius 3 is 1.62 bits per heavy atom. The lowest BCUT2D eigenvalue weighted by Crippen LogP contribution is -2.23. The molecular weight excluding hydrogens is 204 g/mol. The van der Waals surface area contributed by atoms with E-state index < -0.39 is 0 Å². The van der Waals surface area contributed by atoms with Crippen molar-refractivity contribution in [2.75, 3.05) is 41.2 Å². The molecule has 3 nitrogen and oxygen atoms in total. The smallest absolute Gasteiger partial charge is 0.0535 e. The molecule has 0 rings (SSSR count). The molecule has 0 N–H and O–H groups in total. The standard InChI is InChI=1S/C7H16O2.C6H14O/c1-7(2,5-8-3)6-9-4;1-3-4-5-6-7-2/h5-6H2,1-4H3;3-6H2,1-2H3. The van der Waals surface area contributed by atoms with Crippen LogP contribution in [0.5, 0.6) is 0 Å². The van der Waals surface area contributed by atoms with Crippen LogP contribution in [0.25, 0.3) is 0 Å². The Morgan fingerprint density at radius 1 is 0.812 bits per heavy atom. The molecule has 0 bridgehead atoms. The molecule has 0 unspecified atom stereocenters. The molecule has 0 saturated carbocycles. The van der Waals surface area contributed by atoms with Gasteiger partial charge in [-0.2, -0.15) is 0 Å². The van der Waals surface area contributed by atoms with E-state index in [2.05, 4.69) is 20.8 Å². The fourth-order valence-electron chi connectivity index (χ4n) is 1.32. The summed E-state index contributed by atoms with van der Waals surface area (Å²) in [5, 5.41) is 0. The first kappa shape index (κ1) is 18.3. The van der Waals surface area contributed by atoms with Gasteiger partial charge in [0.05, 0.1) is 13.2 Å². The second-order valence-corrected chi connectivity index (χ2v) is 4.73. The van der Waals surface area contributed by atoms with Gasteiger partial charge in [-0.25, -0.2) is 0 Å². The summed E-state index contributed by atoms with van der Waals surface area (Å²) >= 11 is 0. The van der Waals surface area contributed by atoms with E-state index in [-0.39, 0.29) is 5.41 Å². The lowest BCUT2D eigenvalue weighted by atomic mass is 9.96. The number of rotatable bonds is 8. The summed E-state index contributed by atoms with van der Waals surface area (Å²) in [7, 11) is 5.16. The Hall–Kier alpha value is -0.120. The van der Waals surface area contributed by atoms with Gasteiger partial charge in [-0.3, -0.25) is 0 Å². The van der Waals surface area contributed by atoms with E-state index in [1.165, 1.54) is 19.3 Å². The van der Waals surface area contributed by atoms with Crippen molar-refractivity contribution in [3.05, 3.63) is 0 Å². The third-order valence-electron chi connectivity index (χ3n) is 2.02. The predicted molar refractivity (Wildman–Crippen MR) is 68.9 cm³/mol. The summed E-state index contributed by atoms with van der Waals surface area (Å²) in [6.07, 6.45) is 3.80. The zero-order valence-corrected chi connectivity index (χ0v) is 12.0. The molecule has 16 heavy (non-hydrogen) atoms. The number of ether oxygens (including phenoxy) is 3. The molecule has 3 heteroatoms. The highest BCUT2D eigenvalue weighted by atomic mass is 16.5. The van der Waals surface area contributed by atoms with Gasteiger partial charge in [0.2, 0.25) is 0 Å². The maximum absolute atomic E-state index is 4.98. The zero-order valence-electron chi connectivity index (χ0n) is 12.0. The van der Waals surface area contributed by atoms with Crippen LogP contribution in [0.4, 0.5) is 0 Å². The van der Waals surface area contributed by atoms with Crippen molar-refractivity contribution in [3.63, 3.8) is 0 Å². The van der Waals surface area contributed by atoms with Gasteiger partial charge in [0.25, 0.3) is 0 Å². The first-order valence-corrected chi connectivity index (χ1v) is 6.00. The number of methoxy groups -OCH3 is 3. The Labute approximate surface area is 101 Å². The molecule has 0 heterocycles. The van der Waals surface area contributed by atoms with E-state index in [0.29, 0.717) is 0 Å². The van der Waals surface area contributed by atoms with E-state index in [1.807, 2.05) is 0 Å². The minimum atomic E-state index is 0.156. The van der Waals surface area contributed by atoms with Crippen LogP contribution < -0.4 is 0 Å². The quantitative estimate of drug-likeness (QED) is 0.604. The third kappa shape index (κ3) is 16.3. The Kier molecular flexibility index (Phi) is 14.8. The Morgan fingerprint density at radius 2 is 1.31 bits per heavy atom. The van der Waals surface area contributed by atoms with E-state index in [4.69, 9.17) is 14.2 Å². The molecule has 0 aliphatic carbocycles. The fourth-order valence-corrected chi connectivity index (χ4v) is 1.32. The van der Waals surface area contributed by atoms with Gasteiger partial charge in [0.1, 0.15) is 0 Å². The first-order chi connectivity index (χ1) is 7.54. The van der Waals surface area contributed by atoms with Crippen molar-refractivity contribution in [1.29, 1.82) is 0 Å². The van der Waals surface area contributed by atoms with E-state index in [1.54, 1.807) is 21.3 Å². The summed E-state index contributed by atoms with van der Waals surface area (Å²) in [6, 6.07) is 0. The minimum Gasteiger partial charge on any atom is -0.385 e. The second kappa shape index (κ2) is 12.9. The van der Waals surface area contributed by atoms with Gasteiger partial charge in [-0.15, -0.1) is 0 Å². The average Bonchev–Trinajstić information content (AvgIpc) is 2.19. The van der Waals surface area contributed by atoms with Crippen molar-refractivity contribution in [2.24, 2.45) is 5.41 Å². The maximum atomic E-state index is 4.98. The molecule has 0 aliphatic heterocycles. The summed E-state index contributed by atoms with van der Waals surface area (Å²) in [5.41, 5.74) is 0.156. The van der Waals surface area contributed by atoms with E-state index >= 15 is 0 Å². The maximum Gasteiger partial charge on any atom is 0.0535 e. The van der Waals surface area contributed by atoms with Crippen molar-refractivity contribution in [3.8, 4) is 0 Å². The lowest BCUT2D eigenvalue weighted by Gasteiger charge is -2.21. The zero-order chi connectivity index (χ0) is 12.9. The minimum absolute atomic E-state index is 0.156. The van der Waals surface area contributed by atoms with Crippen LogP contribution in [0.2, 0.25) is 0 Å². The highest BCUT2D eigenvalue weighted by Gasteiger charge is 2.16. The second-order valence-electron chi connectivity index (χ2n) is 4.73. The SMILES string of the molecule is CCCCCOC.COCC(C)(C)COC. The van der Waals surface area contributed by atoms with Crippen LogP contribution in [0, 0.1) is 5.41 Å². The normalized spacial score (nSPS) is 10.9. The average molecular weight is 234 g/mol. The number of unbranched alkanes of at least 4 members (excludes halogenated alkanes) is 2. The summed E-state index contributed by atoms with van der Waals surface area (Å²) in [5.74, 6) is 0.